The first kappa shape index (κ1) is 19.3. The van der Waals surface area contributed by atoms with Gasteiger partial charge in [0.15, 0.2) is 0 Å². The molecule has 0 aromatic rings. The lowest BCUT2D eigenvalue weighted by atomic mass is 10.1. The molecule has 0 saturated heterocycles. The minimum absolute atomic E-state index is 0.214. The molecule has 0 bridgehead atoms. The Balaban J connectivity index is 3.16. The van der Waals surface area contributed by atoms with Crippen molar-refractivity contribution in [2.24, 2.45) is 0 Å². The Hall–Kier alpha value is 1.27. The summed E-state index contributed by atoms with van der Waals surface area (Å²) in [5, 5.41) is 0. The zero-order valence-electron chi connectivity index (χ0n) is 13.1. The van der Waals surface area contributed by atoms with Crippen molar-refractivity contribution in [2.75, 3.05) is 0 Å². The lowest BCUT2D eigenvalue weighted by molar-refractivity contribution is 0.561. The number of rotatable bonds is 13. The molecule has 0 aliphatic rings. The molecule has 0 unspecified atom stereocenters. The van der Waals surface area contributed by atoms with Crippen molar-refractivity contribution in [1.29, 1.82) is 0 Å². The summed E-state index contributed by atoms with van der Waals surface area (Å²) in [5.74, 6) is 0. The average molecular weight is 301 g/mol. The predicted molar refractivity (Wildman–Crippen MR) is 90.5 cm³/mol. The highest BCUT2D eigenvalue weighted by Gasteiger charge is 2.19. The Morgan fingerprint density at radius 3 is 1.67 bits per heavy atom. The Labute approximate surface area is 130 Å². The van der Waals surface area contributed by atoms with Crippen LogP contribution in [0.2, 0.25) is 23.3 Å². The van der Waals surface area contributed by atoms with Crippen molar-refractivity contribution in [3.8, 4) is 0 Å². The van der Waals surface area contributed by atoms with Gasteiger partial charge in [-0.3, -0.25) is 0 Å². The van der Waals surface area contributed by atoms with Gasteiger partial charge in [0, 0.05) is 8.07 Å². The summed E-state index contributed by atoms with van der Waals surface area (Å²) < 4.78 is 1.44. The molecule has 0 aliphatic heterocycles. The van der Waals surface area contributed by atoms with E-state index in [1.165, 1.54) is 74.4 Å². The molecule has 0 amide bonds. The Bertz CT molecular complexity index is 174. The van der Waals surface area contributed by atoms with Crippen LogP contribution in [0.25, 0.3) is 0 Å². The second kappa shape index (κ2) is 13.3. The summed E-state index contributed by atoms with van der Waals surface area (Å²) in [6.45, 7) is 7.34. The molecule has 0 aromatic heterocycles. The SMILES string of the molecule is CCCCCCCCCCCC[Si](C)(C)[CH2][Mg][Cl]. The normalized spacial score (nSPS) is 11.6. The van der Waals surface area contributed by atoms with Gasteiger partial charge in [-0.25, -0.2) is 0 Å². The first-order valence-corrected chi connectivity index (χ1v) is 14.7. The van der Waals surface area contributed by atoms with Crippen LogP contribution in [0.15, 0.2) is 0 Å². The van der Waals surface area contributed by atoms with Crippen LogP contribution < -0.4 is 0 Å². The fraction of sp³-hybridized carbons (Fsp3) is 1.00. The highest BCUT2D eigenvalue weighted by Crippen LogP contribution is 2.20. The van der Waals surface area contributed by atoms with Crippen LogP contribution in [-0.4, -0.2) is 27.3 Å². The van der Waals surface area contributed by atoms with Gasteiger partial charge in [-0.05, 0) is 0 Å². The number of hydrogen-bond donors (Lipinski definition) is 0. The lowest BCUT2D eigenvalue weighted by Crippen LogP contribution is -2.26. The van der Waals surface area contributed by atoms with Crippen LogP contribution in [0.4, 0.5) is 0 Å². The van der Waals surface area contributed by atoms with Crippen LogP contribution in [0, 0.1) is 0 Å². The maximum absolute atomic E-state index is 5.99. The molecule has 0 radical (unpaired) electrons. The van der Waals surface area contributed by atoms with Crippen LogP contribution in [0.5, 0.6) is 0 Å². The number of hydrogen-bond acceptors (Lipinski definition) is 0. The predicted octanol–water partition coefficient (Wildman–Crippen LogP) is 6.43. The molecule has 0 spiro atoms. The molecule has 3 heteroatoms. The minimum atomic E-state index is -0.864. The van der Waals surface area contributed by atoms with Crippen LogP contribution >= 0.6 is 9.07 Å². The smallest absolute Gasteiger partial charge is 0.346 e. The van der Waals surface area contributed by atoms with E-state index in [2.05, 4.69) is 20.0 Å². The second-order valence-electron chi connectivity index (χ2n) is 6.54. The molecule has 0 aliphatic carbocycles. The van der Waals surface area contributed by atoms with E-state index in [-0.39, 0.29) is 19.3 Å². The zero-order chi connectivity index (χ0) is 13.7. The average Bonchev–Trinajstić information content (AvgIpc) is 2.31. The summed E-state index contributed by atoms with van der Waals surface area (Å²) >= 11 is -0.214. The zero-order valence-corrected chi connectivity index (χ0v) is 16.2. The fourth-order valence-electron chi connectivity index (χ4n) is 2.47. The van der Waals surface area contributed by atoms with Gasteiger partial charge in [-0.1, -0.05) is 90.3 Å². The molecule has 0 rings (SSSR count). The molecule has 0 nitrogen and oxygen atoms in total. The molecule has 0 heterocycles. The van der Waals surface area contributed by atoms with E-state index in [1.54, 1.807) is 0 Å². The molecule has 18 heavy (non-hydrogen) atoms. The van der Waals surface area contributed by atoms with Crippen molar-refractivity contribution in [3.63, 3.8) is 0 Å². The second-order valence-corrected chi connectivity index (χ2v) is 14.9. The van der Waals surface area contributed by atoms with Gasteiger partial charge >= 0.3 is 19.3 Å². The van der Waals surface area contributed by atoms with Crippen LogP contribution in [0.3, 0.4) is 0 Å². The first-order valence-electron chi connectivity index (χ1n) is 8.18. The van der Waals surface area contributed by atoms with E-state index in [0.29, 0.717) is 0 Å². The Morgan fingerprint density at radius 2 is 1.22 bits per heavy atom. The van der Waals surface area contributed by atoms with Crippen LogP contribution in [-0.2, 0) is 0 Å². The number of halogens is 1. The third kappa shape index (κ3) is 13.7. The highest BCUT2D eigenvalue weighted by atomic mass is 35.5. The van der Waals surface area contributed by atoms with E-state index < -0.39 is 8.07 Å². The molecule has 0 atom stereocenters. The molecular formula is C15H33ClMgSi. The molecular weight excluding hydrogens is 268 g/mol. The summed E-state index contributed by atoms with van der Waals surface area (Å²) in [7, 11) is 5.13. The summed E-state index contributed by atoms with van der Waals surface area (Å²) in [6, 6.07) is 1.52. The van der Waals surface area contributed by atoms with Gasteiger partial charge in [0.25, 0.3) is 0 Å². The first-order chi connectivity index (χ1) is 8.62. The van der Waals surface area contributed by atoms with Gasteiger partial charge in [-0.15, -0.1) is 4.17 Å². The van der Waals surface area contributed by atoms with Crippen molar-refractivity contribution < 1.29 is 0 Å². The van der Waals surface area contributed by atoms with E-state index in [4.69, 9.17) is 9.07 Å². The van der Waals surface area contributed by atoms with Gasteiger partial charge in [0.2, 0.25) is 0 Å². The van der Waals surface area contributed by atoms with E-state index in [1.807, 2.05) is 0 Å². The van der Waals surface area contributed by atoms with E-state index >= 15 is 0 Å². The third-order valence-corrected chi connectivity index (χ3v) is 13.6. The highest BCUT2D eigenvalue weighted by molar-refractivity contribution is 7.02. The number of unbranched alkanes of at least 4 members (excludes halogenated alkanes) is 9. The maximum Gasteiger partial charge on any atom is 0.498 e. The van der Waals surface area contributed by atoms with Crippen LogP contribution in [0.1, 0.15) is 71.1 Å². The van der Waals surface area contributed by atoms with Crippen molar-refractivity contribution in [1.82, 2.24) is 0 Å². The topological polar surface area (TPSA) is 0 Å². The molecule has 106 valence electrons. The lowest BCUT2D eigenvalue weighted by Gasteiger charge is -2.21. The molecule has 0 aromatic carbocycles. The van der Waals surface area contributed by atoms with E-state index in [9.17, 15) is 0 Å². The van der Waals surface area contributed by atoms with E-state index in [0.717, 1.165) is 0 Å². The van der Waals surface area contributed by atoms with Crippen molar-refractivity contribution >= 4 is 36.4 Å². The van der Waals surface area contributed by atoms with Crippen molar-refractivity contribution in [2.45, 2.75) is 94.4 Å². The molecule has 0 fully saturated rings. The quantitative estimate of drug-likeness (QED) is 0.271. The summed E-state index contributed by atoms with van der Waals surface area (Å²) in [4.78, 5) is 0. The van der Waals surface area contributed by atoms with Gasteiger partial charge < -0.3 is 9.07 Å². The summed E-state index contributed by atoms with van der Waals surface area (Å²) in [5.41, 5.74) is 0. The van der Waals surface area contributed by atoms with Gasteiger partial charge in [0.1, 0.15) is 0 Å². The van der Waals surface area contributed by atoms with Gasteiger partial charge in [-0.2, -0.15) is 0 Å². The standard InChI is InChI=1S/C15H33Si.ClH.Mg/c1-5-6-7-8-9-10-11-12-13-14-15-16(2,3)4;;/h2,5-15H2,1,3-4H3;1H;/q;;+1/p-1. The summed E-state index contributed by atoms with van der Waals surface area (Å²) in [6.07, 6.45) is 14.5. The fourth-order valence-corrected chi connectivity index (χ4v) is 11.3. The Kier molecular flexibility index (Phi) is 14.2. The molecule has 0 saturated carbocycles. The monoisotopic (exact) mass is 300 g/mol. The molecule has 0 N–H and O–H groups in total. The maximum atomic E-state index is 5.99. The Morgan fingerprint density at radius 1 is 0.778 bits per heavy atom. The largest absolute Gasteiger partial charge is 0.498 e. The minimum Gasteiger partial charge on any atom is -0.346 e. The van der Waals surface area contributed by atoms with Crippen molar-refractivity contribution in [3.05, 3.63) is 0 Å². The third-order valence-electron chi connectivity index (χ3n) is 3.98. The van der Waals surface area contributed by atoms with Gasteiger partial charge in [0.05, 0.1) is 0 Å².